The quantitative estimate of drug-likeness (QED) is 0.269. The molecule has 8 nitrogen and oxygen atoms in total. The van der Waals surface area contributed by atoms with E-state index in [1.165, 1.54) is 35.7 Å². The van der Waals surface area contributed by atoms with E-state index >= 15 is 0 Å². The summed E-state index contributed by atoms with van der Waals surface area (Å²) in [6.07, 6.45) is 0.507. The predicted octanol–water partition coefficient (Wildman–Crippen LogP) is 5.85. The molecule has 1 saturated carbocycles. The maximum absolute atomic E-state index is 13.1. The van der Waals surface area contributed by atoms with Crippen LogP contribution in [0.5, 0.6) is 5.75 Å². The van der Waals surface area contributed by atoms with E-state index in [2.05, 4.69) is 22.0 Å². The molecular weight excluding hydrogens is 519 g/mol. The van der Waals surface area contributed by atoms with Gasteiger partial charge in [0.1, 0.15) is 5.75 Å². The summed E-state index contributed by atoms with van der Waals surface area (Å²) in [5.74, 6) is -0.743. The summed E-state index contributed by atoms with van der Waals surface area (Å²) in [5, 5.41) is 12.0. The number of alkyl halides is 3. The first-order valence-corrected chi connectivity index (χ1v) is 13.2. The lowest BCUT2D eigenvalue weighted by molar-refractivity contribution is -0.274. The van der Waals surface area contributed by atoms with Crippen LogP contribution in [0.1, 0.15) is 38.2 Å². The summed E-state index contributed by atoms with van der Waals surface area (Å²) in [6.45, 7) is 2.76. The molecule has 1 heterocycles. The Bertz CT molecular complexity index is 1010. The summed E-state index contributed by atoms with van der Waals surface area (Å²) in [6, 6.07) is 5.30. The van der Waals surface area contributed by atoms with Gasteiger partial charge in [-0.25, -0.2) is 9.78 Å². The fraction of sp³-hybridized carbons (Fsp3) is 0.522. The number of carboxylic acid groups (broad SMARTS) is 1. The van der Waals surface area contributed by atoms with E-state index in [-0.39, 0.29) is 36.8 Å². The molecule has 0 spiro atoms. The van der Waals surface area contributed by atoms with E-state index in [0.29, 0.717) is 27.4 Å². The summed E-state index contributed by atoms with van der Waals surface area (Å²) in [4.78, 5) is 29.8. The van der Waals surface area contributed by atoms with Gasteiger partial charge >= 0.3 is 18.4 Å². The standard InChI is InChI=1S/C23H28F3N3O5S2/c1-15-5-7-17(8-6-15)29(22(32)28-21-27-12-20(36-21)35-14-19(30)31)9-10-33-13-16-3-2-4-18(11-16)34-23(24,25)26/h2-4,11-12,15,17H,5-10,13-14H2,1H3,(H,30,31)(H,27,28,32)/t15-,17-. The van der Waals surface area contributed by atoms with Crippen LogP contribution in [0, 0.1) is 5.92 Å². The summed E-state index contributed by atoms with van der Waals surface area (Å²) in [5.41, 5.74) is 0.522. The predicted molar refractivity (Wildman–Crippen MR) is 130 cm³/mol. The summed E-state index contributed by atoms with van der Waals surface area (Å²) >= 11 is 2.34. The normalized spacial score (nSPS) is 18.0. The number of amides is 2. The SMILES string of the molecule is C[C@H]1CC[C@H](N(CCOCc2cccc(OC(F)(F)F)c2)C(=O)Nc2ncc(SCC(=O)O)s2)CC1. The highest BCUT2D eigenvalue weighted by atomic mass is 32.2. The number of ether oxygens (including phenoxy) is 2. The molecule has 1 aromatic heterocycles. The number of benzene rings is 1. The molecule has 36 heavy (non-hydrogen) atoms. The van der Waals surface area contributed by atoms with Crippen molar-refractivity contribution in [2.75, 3.05) is 24.2 Å². The van der Waals surface area contributed by atoms with Crippen molar-refractivity contribution < 1.29 is 37.3 Å². The second kappa shape index (κ2) is 13.2. The molecule has 198 valence electrons. The number of hydrogen-bond acceptors (Lipinski definition) is 7. The molecule has 1 aliphatic carbocycles. The zero-order chi connectivity index (χ0) is 26.1. The Hall–Kier alpha value is -2.51. The van der Waals surface area contributed by atoms with Gasteiger partial charge in [-0.1, -0.05) is 30.4 Å². The highest BCUT2D eigenvalue weighted by Gasteiger charge is 2.31. The van der Waals surface area contributed by atoms with E-state index in [1.807, 2.05) is 0 Å². The van der Waals surface area contributed by atoms with Gasteiger partial charge in [0.05, 0.1) is 29.4 Å². The van der Waals surface area contributed by atoms with Crippen molar-refractivity contribution >= 4 is 40.2 Å². The molecular formula is C23H28F3N3O5S2. The maximum Gasteiger partial charge on any atom is 0.573 e. The van der Waals surface area contributed by atoms with Crippen molar-refractivity contribution in [3.8, 4) is 5.75 Å². The van der Waals surface area contributed by atoms with Gasteiger partial charge in [0.25, 0.3) is 0 Å². The van der Waals surface area contributed by atoms with Crippen LogP contribution in [-0.2, 0) is 16.1 Å². The van der Waals surface area contributed by atoms with Crippen LogP contribution in [0.4, 0.5) is 23.1 Å². The average molecular weight is 548 g/mol. The van der Waals surface area contributed by atoms with Crippen LogP contribution in [0.2, 0.25) is 0 Å². The number of anilines is 1. The van der Waals surface area contributed by atoms with Crippen molar-refractivity contribution in [2.45, 2.75) is 55.8 Å². The van der Waals surface area contributed by atoms with Crippen molar-refractivity contribution in [2.24, 2.45) is 5.92 Å². The molecule has 0 radical (unpaired) electrons. The van der Waals surface area contributed by atoms with Gasteiger partial charge in [-0.15, -0.1) is 24.9 Å². The number of hydrogen-bond donors (Lipinski definition) is 2. The molecule has 13 heteroatoms. The molecule has 2 amide bonds. The van der Waals surface area contributed by atoms with E-state index in [0.717, 1.165) is 37.4 Å². The minimum Gasteiger partial charge on any atom is -0.481 e. The zero-order valence-corrected chi connectivity index (χ0v) is 21.3. The smallest absolute Gasteiger partial charge is 0.481 e. The van der Waals surface area contributed by atoms with Crippen molar-refractivity contribution in [1.29, 1.82) is 0 Å². The van der Waals surface area contributed by atoms with Crippen LogP contribution in [0.25, 0.3) is 0 Å². The van der Waals surface area contributed by atoms with Crippen LogP contribution in [0.15, 0.2) is 34.7 Å². The number of nitrogens with one attached hydrogen (secondary N) is 1. The zero-order valence-electron chi connectivity index (χ0n) is 19.6. The molecule has 0 bridgehead atoms. The largest absolute Gasteiger partial charge is 0.573 e. The van der Waals surface area contributed by atoms with Gasteiger partial charge in [0.15, 0.2) is 5.13 Å². The first-order chi connectivity index (χ1) is 17.1. The molecule has 2 aromatic rings. The number of carbonyl (C=O) groups excluding carboxylic acids is 1. The van der Waals surface area contributed by atoms with Crippen molar-refractivity contribution in [1.82, 2.24) is 9.88 Å². The van der Waals surface area contributed by atoms with Crippen molar-refractivity contribution in [3.05, 3.63) is 36.0 Å². The van der Waals surface area contributed by atoms with Gasteiger partial charge in [-0.05, 0) is 49.3 Å². The molecule has 1 aliphatic rings. The van der Waals surface area contributed by atoms with E-state index < -0.39 is 12.3 Å². The van der Waals surface area contributed by atoms with Gasteiger partial charge in [-0.3, -0.25) is 10.1 Å². The lowest BCUT2D eigenvalue weighted by atomic mass is 9.86. The maximum atomic E-state index is 13.1. The highest BCUT2D eigenvalue weighted by molar-refractivity contribution is 8.01. The van der Waals surface area contributed by atoms with Gasteiger partial charge in [0.2, 0.25) is 0 Å². The van der Waals surface area contributed by atoms with Crippen LogP contribution >= 0.6 is 23.1 Å². The van der Waals surface area contributed by atoms with E-state index in [4.69, 9.17) is 9.84 Å². The molecule has 1 aromatic carbocycles. The number of halogens is 3. The Labute approximate surface area is 215 Å². The van der Waals surface area contributed by atoms with Gasteiger partial charge in [0, 0.05) is 12.6 Å². The number of thioether (sulfide) groups is 1. The lowest BCUT2D eigenvalue weighted by Gasteiger charge is -2.36. The fourth-order valence-electron chi connectivity index (χ4n) is 3.87. The van der Waals surface area contributed by atoms with Crippen LogP contribution < -0.4 is 10.1 Å². The first-order valence-electron chi connectivity index (χ1n) is 11.4. The molecule has 1 fully saturated rings. The van der Waals surface area contributed by atoms with Gasteiger partial charge < -0.3 is 19.5 Å². The fourth-order valence-corrected chi connectivity index (χ4v) is 5.45. The third-order valence-corrected chi connectivity index (χ3v) is 7.69. The molecule has 2 N–H and O–H groups in total. The Balaban J connectivity index is 1.56. The summed E-state index contributed by atoms with van der Waals surface area (Å²) in [7, 11) is 0. The number of carboxylic acids is 1. The molecule has 0 unspecified atom stereocenters. The second-order valence-corrected chi connectivity index (χ2v) is 10.8. The minimum absolute atomic E-state index is 0.0362. The highest BCUT2D eigenvalue weighted by Crippen LogP contribution is 2.30. The number of urea groups is 1. The van der Waals surface area contributed by atoms with Gasteiger partial charge in [-0.2, -0.15) is 0 Å². The molecule has 0 saturated heterocycles. The lowest BCUT2D eigenvalue weighted by Crippen LogP contribution is -2.46. The van der Waals surface area contributed by atoms with E-state index in [9.17, 15) is 22.8 Å². The van der Waals surface area contributed by atoms with E-state index in [1.54, 1.807) is 11.0 Å². The molecule has 0 aliphatic heterocycles. The number of rotatable bonds is 11. The molecule has 0 atom stereocenters. The third-order valence-electron chi connectivity index (χ3n) is 5.60. The Kier molecular flexibility index (Phi) is 10.3. The Morgan fingerprint density at radius 3 is 2.72 bits per heavy atom. The number of aromatic nitrogens is 1. The number of aliphatic carboxylic acids is 1. The number of thiazole rings is 1. The molecule has 3 rings (SSSR count). The van der Waals surface area contributed by atoms with Crippen LogP contribution in [-0.4, -0.2) is 58.3 Å². The monoisotopic (exact) mass is 547 g/mol. The first kappa shape index (κ1) is 28.1. The topological polar surface area (TPSA) is 101 Å². The Morgan fingerprint density at radius 2 is 2.03 bits per heavy atom. The average Bonchev–Trinajstić information content (AvgIpc) is 3.25. The number of carbonyl (C=O) groups is 2. The summed E-state index contributed by atoms with van der Waals surface area (Å²) < 4.78 is 47.6. The third kappa shape index (κ3) is 9.51. The number of nitrogens with zero attached hydrogens (tertiary/aromatic N) is 2. The minimum atomic E-state index is -4.77. The second-order valence-electron chi connectivity index (χ2n) is 8.45. The Morgan fingerprint density at radius 1 is 1.28 bits per heavy atom. The van der Waals surface area contributed by atoms with Crippen molar-refractivity contribution in [3.63, 3.8) is 0 Å². The van der Waals surface area contributed by atoms with Crippen LogP contribution in [0.3, 0.4) is 0 Å².